The summed E-state index contributed by atoms with van der Waals surface area (Å²) in [6, 6.07) is 10.1. The fourth-order valence-corrected chi connectivity index (χ4v) is 4.70. The summed E-state index contributed by atoms with van der Waals surface area (Å²) in [5.41, 5.74) is 0.643. The minimum Gasteiger partial charge on any atom is -0.446 e. The quantitative estimate of drug-likeness (QED) is 0.152. The van der Waals surface area contributed by atoms with E-state index in [0.717, 1.165) is 18.4 Å². The lowest BCUT2D eigenvalue weighted by molar-refractivity contribution is -0.201. The zero-order valence-electron chi connectivity index (χ0n) is 23.1. The Bertz CT molecular complexity index is 647. The lowest BCUT2D eigenvalue weighted by Crippen LogP contribution is -2.52. The first-order chi connectivity index (χ1) is 17.7. The molecule has 0 bridgehead atoms. The van der Waals surface area contributed by atoms with E-state index in [1.807, 2.05) is 30.3 Å². The lowest BCUT2D eigenvalue weighted by atomic mass is 9.97. The van der Waals surface area contributed by atoms with Crippen LogP contribution < -0.4 is 5.32 Å². The molecule has 0 aliphatic carbocycles. The Morgan fingerprint density at radius 2 is 1.33 bits per heavy atom. The number of nitrogens with one attached hydrogen (secondary N) is 1. The number of benzene rings is 1. The molecule has 5 nitrogen and oxygen atoms in total. The summed E-state index contributed by atoms with van der Waals surface area (Å²) in [7, 11) is 0. The Morgan fingerprint density at radius 1 is 0.806 bits per heavy atom. The third-order valence-corrected chi connectivity index (χ3v) is 7.21. The number of alkyl carbamates (subject to hydrolysis) is 1. The number of hydrogen-bond donors (Lipinski definition) is 1. The predicted octanol–water partition coefficient (Wildman–Crippen LogP) is 8.35. The summed E-state index contributed by atoms with van der Waals surface area (Å²) >= 11 is 0. The maximum absolute atomic E-state index is 12.1. The average molecular weight is 504 g/mol. The fraction of sp³-hybridized carbons (Fsp3) is 0.774. The van der Waals surface area contributed by atoms with Crippen LogP contribution in [0.3, 0.4) is 0 Å². The lowest BCUT2D eigenvalue weighted by Gasteiger charge is -2.40. The van der Waals surface area contributed by atoms with Gasteiger partial charge in [0.1, 0.15) is 12.2 Å². The van der Waals surface area contributed by atoms with E-state index in [-0.39, 0.29) is 12.7 Å². The average Bonchev–Trinajstić information content (AvgIpc) is 2.87. The van der Waals surface area contributed by atoms with Gasteiger partial charge in [-0.15, -0.1) is 0 Å². The van der Waals surface area contributed by atoms with E-state index in [4.69, 9.17) is 14.2 Å². The Balaban J connectivity index is 1.33. The minimum absolute atomic E-state index is 0.243. The van der Waals surface area contributed by atoms with Crippen LogP contribution >= 0.6 is 0 Å². The fourth-order valence-electron chi connectivity index (χ4n) is 4.70. The Labute approximate surface area is 221 Å². The number of carbonyl (C=O) groups is 1. The van der Waals surface area contributed by atoms with Crippen LogP contribution in [0, 0.1) is 0 Å². The molecule has 36 heavy (non-hydrogen) atoms. The van der Waals surface area contributed by atoms with Crippen molar-refractivity contribution in [2.24, 2.45) is 0 Å². The molecule has 0 radical (unpaired) electrons. The van der Waals surface area contributed by atoms with Gasteiger partial charge in [-0.1, -0.05) is 134 Å². The second kappa shape index (κ2) is 20.5. The highest BCUT2D eigenvalue weighted by molar-refractivity contribution is 5.67. The van der Waals surface area contributed by atoms with Crippen molar-refractivity contribution < 1.29 is 19.0 Å². The van der Waals surface area contributed by atoms with Gasteiger partial charge in [0.2, 0.25) is 0 Å². The molecule has 1 saturated heterocycles. The van der Waals surface area contributed by atoms with E-state index in [9.17, 15) is 4.79 Å². The Hall–Kier alpha value is -1.59. The molecular weight excluding hydrogens is 450 g/mol. The molecule has 1 N–H and O–H groups in total. The number of ether oxygens (including phenoxy) is 3. The van der Waals surface area contributed by atoms with Crippen LogP contribution in [-0.4, -0.2) is 38.1 Å². The molecule has 1 aromatic carbocycles. The smallest absolute Gasteiger partial charge is 0.407 e. The van der Waals surface area contributed by atoms with E-state index in [1.54, 1.807) is 0 Å². The van der Waals surface area contributed by atoms with Crippen molar-refractivity contribution in [1.82, 2.24) is 5.32 Å². The molecule has 1 aromatic rings. The second-order valence-electron chi connectivity index (χ2n) is 10.6. The summed E-state index contributed by atoms with van der Waals surface area (Å²) < 4.78 is 17.0. The molecule has 1 unspecified atom stereocenters. The molecule has 1 aliphatic heterocycles. The van der Waals surface area contributed by atoms with Crippen LogP contribution in [0.1, 0.15) is 122 Å². The number of unbranched alkanes of at least 4 members (excludes halogenated alkanes) is 15. The van der Waals surface area contributed by atoms with Crippen LogP contribution in [0.25, 0.3) is 0 Å². The van der Waals surface area contributed by atoms with Gasteiger partial charge in [-0.3, -0.25) is 0 Å². The van der Waals surface area contributed by atoms with Gasteiger partial charge in [-0.2, -0.15) is 0 Å². The number of rotatable bonds is 23. The molecular formula is C31H53NO4. The van der Waals surface area contributed by atoms with Gasteiger partial charge in [0.25, 0.3) is 0 Å². The largest absolute Gasteiger partial charge is 0.446 e. The van der Waals surface area contributed by atoms with Crippen LogP contribution in [0.5, 0.6) is 0 Å². The van der Waals surface area contributed by atoms with Crippen molar-refractivity contribution in [2.75, 3.05) is 26.4 Å². The summed E-state index contributed by atoms with van der Waals surface area (Å²) in [5.74, 6) is 0. The molecule has 1 heterocycles. The van der Waals surface area contributed by atoms with E-state index < -0.39 is 5.60 Å². The molecule has 206 valence electrons. The maximum Gasteiger partial charge on any atom is 0.407 e. The van der Waals surface area contributed by atoms with Crippen molar-refractivity contribution in [1.29, 1.82) is 0 Å². The van der Waals surface area contributed by atoms with Gasteiger partial charge in [0, 0.05) is 13.0 Å². The van der Waals surface area contributed by atoms with E-state index in [1.165, 1.54) is 96.3 Å². The molecule has 0 aromatic heterocycles. The van der Waals surface area contributed by atoms with Crippen molar-refractivity contribution in [3.63, 3.8) is 0 Å². The zero-order chi connectivity index (χ0) is 25.6. The molecule has 1 amide bonds. The molecule has 1 fully saturated rings. The maximum atomic E-state index is 12.1. The monoisotopic (exact) mass is 503 g/mol. The molecule has 5 heteroatoms. The van der Waals surface area contributed by atoms with Crippen molar-refractivity contribution in [3.05, 3.63) is 35.9 Å². The normalized spacial score (nSPS) is 17.0. The first kappa shape index (κ1) is 30.6. The highest BCUT2D eigenvalue weighted by Gasteiger charge is 2.40. The van der Waals surface area contributed by atoms with Crippen LogP contribution in [0.15, 0.2) is 30.3 Å². The van der Waals surface area contributed by atoms with Gasteiger partial charge in [-0.25, -0.2) is 4.79 Å². The van der Waals surface area contributed by atoms with E-state index >= 15 is 0 Å². The first-order valence-electron chi connectivity index (χ1n) is 14.9. The third-order valence-electron chi connectivity index (χ3n) is 7.21. The van der Waals surface area contributed by atoms with E-state index in [0.29, 0.717) is 26.4 Å². The summed E-state index contributed by atoms with van der Waals surface area (Å²) in [6.45, 7) is 4.87. The van der Waals surface area contributed by atoms with Gasteiger partial charge in [0.05, 0.1) is 19.8 Å². The molecule has 2 rings (SSSR count). The Morgan fingerprint density at radius 3 is 1.83 bits per heavy atom. The first-order valence-corrected chi connectivity index (χ1v) is 14.9. The van der Waals surface area contributed by atoms with Gasteiger partial charge in [0.15, 0.2) is 0 Å². The van der Waals surface area contributed by atoms with Crippen LogP contribution in [0.2, 0.25) is 0 Å². The molecule has 1 aliphatic rings. The standard InChI is InChI=1S/C31H53NO4/c1-2-3-4-5-6-7-8-9-10-11-12-13-14-15-16-20-24-32-30(33)35-28-31(23-25-36-31)27-34-26-29-21-18-17-19-22-29/h17-19,21-22H,2-16,20,23-28H2,1H3,(H,32,33). The topological polar surface area (TPSA) is 56.8 Å². The number of carbonyl (C=O) groups excluding carboxylic acids is 1. The zero-order valence-corrected chi connectivity index (χ0v) is 23.1. The summed E-state index contributed by atoms with van der Waals surface area (Å²) in [4.78, 5) is 12.1. The summed E-state index contributed by atoms with van der Waals surface area (Å²) in [5, 5.41) is 2.88. The van der Waals surface area contributed by atoms with Crippen LogP contribution in [0.4, 0.5) is 4.79 Å². The number of amides is 1. The molecule has 1 atom stereocenters. The summed E-state index contributed by atoms with van der Waals surface area (Å²) in [6.07, 6.45) is 22.1. The molecule has 0 saturated carbocycles. The predicted molar refractivity (Wildman–Crippen MR) is 148 cm³/mol. The van der Waals surface area contributed by atoms with Gasteiger partial charge < -0.3 is 19.5 Å². The molecule has 0 spiro atoms. The van der Waals surface area contributed by atoms with E-state index in [2.05, 4.69) is 12.2 Å². The number of hydrogen-bond acceptors (Lipinski definition) is 4. The van der Waals surface area contributed by atoms with Crippen molar-refractivity contribution in [3.8, 4) is 0 Å². The van der Waals surface area contributed by atoms with Crippen molar-refractivity contribution >= 4 is 6.09 Å². The van der Waals surface area contributed by atoms with Crippen LogP contribution in [-0.2, 0) is 20.8 Å². The van der Waals surface area contributed by atoms with Gasteiger partial charge >= 0.3 is 6.09 Å². The Kier molecular flexibility index (Phi) is 17.4. The highest BCUT2D eigenvalue weighted by Crippen LogP contribution is 2.27. The van der Waals surface area contributed by atoms with Crippen molar-refractivity contribution in [2.45, 2.75) is 128 Å². The van der Waals surface area contributed by atoms with Gasteiger partial charge in [-0.05, 0) is 12.0 Å². The highest BCUT2D eigenvalue weighted by atomic mass is 16.6. The second-order valence-corrected chi connectivity index (χ2v) is 10.6. The minimum atomic E-state index is -0.486. The third kappa shape index (κ3) is 14.8. The SMILES string of the molecule is CCCCCCCCCCCCCCCCCCNC(=O)OCC1(COCc2ccccc2)CCO1.